The van der Waals surface area contributed by atoms with Gasteiger partial charge in [-0.05, 0) is 31.0 Å². The predicted molar refractivity (Wildman–Crippen MR) is 67.7 cm³/mol. The van der Waals surface area contributed by atoms with Crippen LogP contribution in [-0.2, 0) is 24.1 Å². The molecular weight excluding hydrogens is 276 g/mol. The lowest BCUT2D eigenvalue weighted by Crippen LogP contribution is -2.12. The van der Waals surface area contributed by atoms with Gasteiger partial charge in [0.25, 0.3) is 10.1 Å². The second-order valence-corrected chi connectivity index (χ2v) is 7.57. The second kappa shape index (κ2) is 5.38. The molecule has 0 spiro atoms. The fourth-order valence-corrected chi connectivity index (χ4v) is 4.01. The van der Waals surface area contributed by atoms with Gasteiger partial charge in [0.2, 0.25) is 0 Å². The topological polar surface area (TPSA) is 77.5 Å². The van der Waals surface area contributed by atoms with E-state index in [0.717, 1.165) is 6.26 Å². The van der Waals surface area contributed by atoms with Gasteiger partial charge >= 0.3 is 0 Å². The van der Waals surface area contributed by atoms with Crippen molar-refractivity contribution in [2.24, 2.45) is 0 Å². The Morgan fingerprint density at radius 2 is 1.72 bits per heavy atom. The molecule has 5 nitrogen and oxygen atoms in total. The Hall–Kier alpha value is -0.920. The molecular formula is C11H16O5S2. The van der Waals surface area contributed by atoms with Gasteiger partial charge in [0.1, 0.15) is 4.90 Å². The van der Waals surface area contributed by atoms with Crippen molar-refractivity contribution in [3.05, 3.63) is 23.8 Å². The summed E-state index contributed by atoms with van der Waals surface area (Å²) >= 11 is 0. The lowest BCUT2D eigenvalue weighted by Gasteiger charge is -2.09. The average Bonchev–Trinajstić information content (AvgIpc) is 2.25. The second-order valence-electron chi connectivity index (χ2n) is 4.00. The van der Waals surface area contributed by atoms with Crippen molar-refractivity contribution in [1.29, 1.82) is 0 Å². The molecule has 0 fully saturated rings. The monoisotopic (exact) mass is 292 g/mol. The summed E-state index contributed by atoms with van der Waals surface area (Å²) < 4.78 is 51.7. The third-order valence-electron chi connectivity index (χ3n) is 2.21. The van der Waals surface area contributed by atoms with Crippen LogP contribution >= 0.6 is 0 Å². The lowest BCUT2D eigenvalue weighted by molar-refractivity contribution is 0.317. The van der Waals surface area contributed by atoms with Gasteiger partial charge < -0.3 is 0 Å². The van der Waals surface area contributed by atoms with Crippen molar-refractivity contribution in [2.75, 3.05) is 12.9 Å². The Balaban J connectivity index is 3.42. The number of aryl methyl sites for hydroxylation is 1. The molecule has 0 heterocycles. The summed E-state index contributed by atoms with van der Waals surface area (Å²) in [4.78, 5) is -0.525. The van der Waals surface area contributed by atoms with E-state index in [1.165, 1.54) is 18.2 Å². The van der Waals surface area contributed by atoms with Crippen LogP contribution in [0.3, 0.4) is 0 Å². The van der Waals surface area contributed by atoms with E-state index < -0.39 is 20.0 Å². The summed E-state index contributed by atoms with van der Waals surface area (Å²) in [6.07, 6.45) is 1.50. The minimum atomic E-state index is -4.03. The van der Waals surface area contributed by atoms with Crippen molar-refractivity contribution in [3.63, 3.8) is 0 Å². The van der Waals surface area contributed by atoms with Gasteiger partial charge in [0, 0.05) is 6.26 Å². The molecule has 0 saturated heterocycles. The zero-order valence-corrected chi connectivity index (χ0v) is 12.1. The minimum Gasteiger partial charge on any atom is -0.266 e. The fraction of sp³-hybridized carbons (Fsp3) is 0.455. The Kier molecular flexibility index (Phi) is 4.52. The van der Waals surface area contributed by atoms with E-state index in [1.54, 1.807) is 13.8 Å². The van der Waals surface area contributed by atoms with Gasteiger partial charge in [-0.25, -0.2) is 8.42 Å². The number of hydrogen-bond acceptors (Lipinski definition) is 5. The maximum Gasteiger partial charge on any atom is 0.298 e. The molecule has 0 aliphatic heterocycles. The summed E-state index contributed by atoms with van der Waals surface area (Å²) in [6, 6.07) is 4.13. The smallest absolute Gasteiger partial charge is 0.266 e. The van der Waals surface area contributed by atoms with Crippen LogP contribution in [0.15, 0.2) is 28.0 Å². The molecule has 0 N–H and O–H groups in total. The van der Waals surface area contributed by atoms with E-state index in [1.807, 2.05) is 0 Å². The Labute approximate surface area is 108 Å². The molecule has 7 heteroatoms. The first kappa shape index (κ1) is 15.1. The van der Waals surface area contributed by atoms with Gasteiger partial charge in [-0.2, -0.15) is 8.42 Å². The molecule has 0 aromatic heterocycles. The predicted octanol–water partition coefficient (Wildman–Crippen LogP) is 1.51. The SMILES string of the molecule is CCCOS(=O)(=O)c1ccc(C)cc1S(C)(=O)=O. The molecule has 1 aromatic rings. The highest BCUT2D eigenvalue weighted by Crippen LogP contribution is 2.24. The molecule has 1 aromatic carbocycles. The Morgan fingerprint density at radius 3 is 2.22 bits per heavy atom. The van der Waals surface area contributed by atoms with Crippen LogP contribution in [0.4, 0.5) is 0 Å². The standard InChI is InChI=1S/C11H16O5S2/c1-4-7-16-18(14,15)10-6-5-9(2)8-11(10)17(3,12)13/h5-6,8H,4,7H2,1-3H3. The average molecular weight is 292 g/mol. The van der Waals surface area contributed by atoms with Crippen molar-refractivity contribution >= 4 is 20.0 Å². The molecule has 0 unspecified atom stereocenters. The number of rotatable bonds is 5. The lowest BCUT2D eigenvalue weighted by atomic mass is 10.2. The Morgan fingerprint density at radius 1 is 1.11 bits per heavy atom. The summed E-state index contributed by atoms with van der Waals surface area (Å²) in [5.74, 6) is 0. The molecule has 1 rings (SSSR count). The highest BCUT2D eigenvalue weighted by atomic mass is 32.2. The van der Waals surface area contributed by atoms with Crippen LogP contribution in [0.25, 0.3) is 0 Å². The highest BCUT2D eigenvalue weighted by molar-refractivity contribution is 7.92. The molecule has 18 heavy (non-hydrogen) atoms. The number of benzene rings is 1. The Bertz CT molecular complexity index is 629. The van der Waals surface area contributed by atoms with Crippen LogP contribution < -0.4 is 0 Å². The van der Waals surface area contributed by atoms with Crippen LogP contribution in [0, 0.1) is 6.92 Å². The van der Waals surface area contributed by atoms with Crippen molar-refractivity contribution < 1.29 is 21.0 Å². The largest absolute Gasteiger partial charge is 0.298 e. The zero-order chi connectivity index (χ0) is 14.0. The fourth-order valence-electron chi connectivity index (χ4n) is 1.37. The first-order chi connectivity index (χ1) is 8.18. The number of hydrogen-bond donors (Lipinski definition) is 0. The van der Waals surface area contributed by atoms with Gasteiger partial charge in [-0.15, -0.1) is 0 Å². The van der Waals surface area contributed by atoms with E-state index >= 15 is 0 Å². The van der Waals surface area contributed by atoms with Gasteiger partial charge in [-0.3, -0.25) is 4.18 Å². The third-order valence-corrected chi connectivity index (χ3v) is 4.85. The summed E-state index contributed by atoms with van der Waals surface area (Å²) in [5, 5.41) is 0. The van der Waals surface area contributed by atoms with Gasteiger partial charge in [-0.1, -0.05) is 13.0 Å². The van der Waals surface area contributed by atoms with E-state index in [4.69, 9.17) is 4.18 Å². The van der Waals surface area contributed by atoms with Crippen LogP contribution in [0.1, 0.15) is 18.9 Å². The van der Waals surface area contributed by atoms with Crippen LogP contribution in [0.5, 0.6) is 0 Å². The van der Waals surface area contributed by atoms with Crippen molar-refractivity contribution in [1.82, 2.24) is 0 Å². The molecule has 0 aliphatic rings. The van der Waals surface area contributed by atoms with Crippen LogP contribution in [-0.4, -0.2) is 29.7 Å². The summed E-state index contributed by atoms with van der Waals surface area (Å²) in [6.45, 7) is 3.49. The normalized spacial score (nSPS) is 12.6. The highest BCUT2D eigenvalue weighted by Gasteiger charge is 2.24. The molecule has 0 amide bonds. The molecule has 0 radical (unpaired) electrons. The minimum absolute atomic E-state index is 0.0272. The van der Waals surface area contributed by atoms with Crippen molar-refractivity contribution in [2.45, 2.75) is 30.1 Å². The molecule has 0 bridgehead atoms. The molecule has 0 atom stereocenters. The third kappa shape index (κ3) is 3.54. The van der Waals surface area contributed by atoms with E-state index in [0.29, 0.717) is 12.0 Å². The van der Waals surface area contributed by atoms with E-state index in [2.05, 4.69) is 0 Å². The van der Waals surface area contributed by atoms with Crippen LogP contribution in [0.2, 0.25) is 0 Å². The van der Waals surface area contributed by atoms with Crippen molar-refractivity contribution in [3.8, 4) is 0 Å². The van der Waals surface area contributed by atoms with Gasteiger partial charge in [0.15, 0.2) is 9.84 Å². The summed E-state index contributed by atoms with van der Waals surface area (Å²) in [7, 11) is -7.66. The zero-order valence-electron chi connectivity index (χ0n) is 10.5. The summed E-state index contributed by atoms with van der Waals surface area (Å²) in [5.41, 5.74) is 0.671. The van der Waals surface area contributed by atoms with Gasteiger partial charge in [0.05, 0.1) is 11.5 Å². The number of sulfone groups is 1. The molecule has 0 saturated carbocycles. The van der Waals surface area contributed by atoms with E-state index in [-0.39, 0.29) is 16.4 Å². The first-order valence-electron chi connectivity index (χ1n) is 5.38. The first-order valence-corrected chi connectivity index (χ1v) is 8.68. The molecule has 102 valence electrons. The molecule has 0 aliphatic carbocycles. The van der Waals surface area contributed by atoms with E-state index in [9.17, 15) is 16.8 Å². The maximum atomic E-state index is 11.9. The maximum absolute atomic E-state index is 11.9. The quantitative estimate of drug-likeness (QED) is 0.769.